The first kappa shape index (κ1) is 14.4. The van der Waals surface area contributed by atoms with Gasteiger partial charge in [-0.1, -0.05) is 25.5 Å². The minimum absolute atomic E-state index is 0.736. The Kier molecular flexibility index (Phi) is 5.71. The molecule has 1 aromatic rings. The number of ether oxygens (including phenoxy) is 1. The summed E-state index contributed by atoms with van der Waals surface area (Å²) in [5.74, 6) is 2.54. The summed E-state index contributed by atoms with van der Waals surface area (Å²) in [5.41, 5.74) is 1.49. The molecule has 0 saturated heterocycles. The molecular weight excluding hydrogens is 234 g/mol. The van der Waals surface area contributed by atoms with E-state index in [1.54, 1.807) is 0 Å². The maximum Gasteiger partial charge on any atom is 0.119 e. The number of nitrogens with one attached hydrogen (secondary N) is 1. The molecule has 1 fully saturated rings. The summed E-state index contributed by atoms with van der Waals surface area (Å²) in [7, 11) is 0. The molecule has 19 heavy (non-hydrogen) atoms. The van der Waals surface area contributed by atoms with Crippen LogP contribution < -0.4 is 10.1 Å². The minimum atomic E-state index is 0.736. The van der Waals surface area contributed by atoms with Crippen molar-refractivity contribution < 1.29 is 4.74 Å². The normalized spacial score (nSPS) is 22.6. The molecule has 0 aliphatic heterocycles. The lowest BCUT2D eigenvalue weighted by Gasteiger charge is -2.20. The van der Waals surface area contributed by atoms with Gasteiger partial charge >= 0.3 is 0 Å². The van der Waals surface area contributed by atoms with E-state index >= 15 is 0 Å². The molecule has 2 rings (SSSR count). The van der Waals surface area contributed by atoms with Gasteiger partial charge in [-0.05, 0) is 68.8 Å². The second-order valence-corrected chi connectivity index (χ2v) is 5.50. The topological polar surface area (TPSA) is 21.3 Å². The quantitative estimate of drug-likeness (QED) is 0.750. The van der Waals surface area contributed by atoms with E-state index in [9.17, 15) is 0 Å². The van der Waals surface area contributed by atoms with Crippen molar-refractivity contribution in [3.8, 4) is 5.75 Å². The van der Waals surface area contributed by atoms with Crippen LogP contribution in [0.3, 0.4) is 0 Å². The van der Waals surface area contributed by atoms with Gasteiger partial charge in [0.15, 0.2) is 0 Å². The van der Waals surface area contributed by atoms with Crippen molar-refractivity contribution in [1.29, 1.82) is 0 Å². The molecular formula is C17H27NO. The van der Waals surface area contributed by atoms with E-state index in [1.807, 2.05) is 6.92 Å². The Balaban J connectivity index is 1.94. The highest BCUT2D eigenvalue weighted by Crippen LogP contribution is 2.39. The monoisotopic (exact) mass is 261 g/mol. The van der Waals surface area contributed by atoms with Crippen molar-refractivity contribution in [3.63, 3.8) is 0 Å². The fourth-order valence-electron chi connectivity index (χ4n) is 3.16. The molecule has 0 radical (unpaired) electrons. The molecule has 1 aromatic carbocycles. The van der Waals surface area contributed by atoms with Crippen LogP contribution in [0.25, 0.3) is 0 Å². The van der Waals surface area contributed by atoms with E-state index in [0.29, 0.717) is 0 Å². The third-order valence-corrected chi connectivity index (χ3v) is 4.11. The Morgan fingerprint density at radius 2 is 1.95 bits per heavy atom. The van der Waals surface area contributed by atoms with Crippen LogP contribution in [-0.4, -0.2) is 19.7 Å². The van der Waals surface area contributed by atoms with Gasteiger partial charge in [0.2, 0.25) is 0 Å². The van der Waals surface area contributed by atoms with Crippen molar-refractivity contribution in [2.75, 3.05) is 19.7 Å². The van der Waals surface area contributed by atoms with Crippen molar-refractivity contribution >= 4 is 0 Å². The Morgan fingerprint density at radius 1 is 1.16 bits per heavy atom. The first-order chi connectivity index (χ1) is 9.35. The van der Waals surface area contributed by atoms with Crippen LogP contribution in [-0.2, 0) is 0 Å². The van der Waals surface area contributed by atoms with Gasteiger partial charge in [0.05, 0.1) is 6.61 Å². The molecule has 0 amide bonds. The number of hydrogen-bond donors (Lipinski definition) is 1. The highest BCUT2D eigenvalue weighted by Gasteiger charge is 2.27. The molecule has 0 bridgehead atoms. The molecule has 1 aliphatic rings. The lowest BCUT2D eigenvalue weighted by Crippen LogP contribution is -2.25. The molecule has 106 valence electrons. The van der Waals surface area contributed by atoms with E-state index in [4.69, 9.17) is 4.74 Å². The zero-order valence-electron chi connectivity index (χ0n) is 12.3. The van der Waals surface area contributed by atoms with Gasteiger partial charge in [-0.15, -0.1) is 0 Å². The maximum absolute atomic E-state index is 5.52. The summed E-state index contributed by atoms with van der Waals surface area (Å²) in [5, 5.41) is 3.58. The largest absolute Gasteiger partial charge is 0.494 e. The van der Waals surface area contributed by atoms with Crippen LogP contribution in [0.2, 0.25) is 0 Å². The standard InChI is InChI=1S/C17H27NO/c1-3-12-18-13-15-6-5-7-17(15)14-8-10-16(11-9-14)19-4-2/h8-11,15,17-18H,3-7,12-13H2,1-2H3. The Bertz CT molecular complexity index is 360. The summed E-state index contributed by atoms with van der Waals surface area (Å²) in [4.78, 5) is 0. The van der Waals surface area contributed by atoms with Gasteiger partial charge in [0, 0.05) is 0 Å². The van der Waals surface area contributed by atoms with Gasteiger partial charge in [-0.3, -0.25) is 0 Å². The lowest BCUT2D eigenvalue weighted by molar-refractivity contribution is 0.340. The van der Waals surface area contributed by atoms with Gasteiger partial charge in [0.25, 0.3) is 0 Å². The fraction of sp³-hybridized carbons (Fsp3) is 0.647. The second-order valence-electron chi connectivity index (χ2n) is 5.50. The number of benzene rings is 1. The smallest absolute Gasteiger partial charge is 0.119 e. The van der Waals surface area contributed by atoms with Gasteiger partial charge in [-0.2, -0.15) is 0 Å². The van der Waals surface area contributed by atoms with Gasteiger partial charge < -0.3 is 10.1 Å². The average molecular weight is 261 g/mol. The zero-order valence-corrected chi connectivity index (χ0v) is 12.3. The van der Waals surface area contributed by atoms with Gasteiger partial charge in [-0.25, -0.2) is 0 Å². The summed E-state index contributed by atoms with van der Waals surface area (Å²) in [6.07, 6.45) is 5.30. The Morgan fingerprint density at radius 3 is 2.63 bits per heavy atom. The van der Waals surface area contributed by atoms with Crippen molar-refractivity contribution in [2.24, 2.45) is 5.92 Å². The van der Waals surface area contributed by atoms with Crippen LogP contribution in [0, 0.1) is 5.92 Å². The third kappa shape index (κ3) is 3.97. The molecule has 2 nitrogen and oxygen atoms in total. The predicted octanol–water partition coefficient (Wildman–Crippen LogP) is 3.97. The van der Waals surface area contributed by atoms with E-state index in [1.165, 1.54) is 37.8 Å². The molecule has 1 aliphatic carbocycles. The number of hydrogen-bond acceptors (Lipinski definition) is 2. The highest BCUT2D eigenvalue weighted by molar-refractivity contribution is 5.30. The SMILES string of the molecule is CCCNCC1CCCC1c1ccc(OCC)cc1. The van der Waals surface area contributed by atoms with E-state index < -0.39 is 0 Å². The summed E-state index contributed by atoms with van der Waals surface area (Å²) in [6.45, 7) is 7.32. The predicted molar refractivity (Wildman–Crippen MR) is 80.9 cm³/mol. The summed E-state index contributed by atoms with van der Waals surface area (Å²) >= 11 is 0. The van der Waals surface area contributed by atoms with Crippen molar-refractivity contribution in [3.05, 3.63) is 29.8 Å². The van der Waals surface area contributed by atoms with Crippen molar-refractivity contribution in [1.82, 2.24) is 5.32 Å². The first-order valence-corrected chi connectivity index (χ1v) is 7.78. The third-order valence-electron chi connectivity index (χ3n) is 4.11. The summed E-state index contributed by atoms with van der Waals surface area (Å²) < 4.78 is 5.52. The molecule has 2 heteroatoms. The Labute approximate surface area is 117 Å². The fourth-order valence-corrected chi connectivity index (χ4v) is 3.16. The highest BCUT2D eigenvalue weighted by atomic mass is 16.5. The summed E-state index contributed by atoms with van der Waals surface area (Å²) in [6, 6.07) is 8.75. The molecule has 0 aromatic heterocycles. The molecule has 0 heterocycles. The maximum atomic E-state index is 5.52. The van der Waals surface area contributed by atoms with Crippen LogP contribution in [0.15, 0.2) is 24.3 Å². The molecule has 1 saturated carbocycles. The van der Waals surface area contributed by atoms with Crippen LogP contribution in [0.1, 0.15) is 51.0 Å². The molecule has 0 spiro atoms. The van der Waals surface area contributed by atoms with E-state index in [-0.39, 0.29) is 0 Å². The molecule has 1 N–H and O–H groups in total. The number of rotatable bonds is 7. The van der Waals surface area contributed by atoms with Crippen LogP contribution >= 0.6 is 0 Å². The van der Waals surface area contributed by atoms with Crippen LogP contribution in [0.4, 0.5) is 0 Å². The molecule has 2 unspecified atom stereocenters. The van der Waals surface area contributed by atoms with Gasteiger partial charge in [0.1, 0.15) is 5.75 Å². The first-order valence-electron chi connectivity index (χ1n) is 7.78. The van der Waals surface area contributed by atoms with E-state index in [2.05, 4.69) is 36.5 Å². The van der Waals surface area contributed by atoms with E-state index in [0.717, 1.165) is 30.7 Å². The lowest BCUT2D eigenvalue weighted by atomic mass is 9.89. The minimum Gasteiger partial charge on any atom is -0.494 e. The average Bonchev–Trinajstić information content (AvgIpc) is 2.89. The second kappa shape index (κ2) is 7.54. The zero-order chi connectivity index (χ0) is 13.5. The molecule has 2 atom stereocenters. The Hall–Kier alpha value is -1.02. The van der Waals surface area contributed by atoms with Crippen LogP contribution in [0.5, 0.6) is 5.75 Å². The van der Waals surface area contributed by atoms with Crippen molar-refractivity contribution in [2.45, 2.75) is 45.4 Å².